The Balaban J connectivity index is 2.22. The van der Waals surface area contributed by atoms with Gasteiger partial charge in [-0.15, -0.1) is 0 Å². The normalized spacial score (nSPS) is 19.8. The molecule has 0 fully saturated rings. The molecule has 0 aliphatic carbocycles. The van der Waals surface area contributed by atoms with Crippen molar-refractivity contribution in [1.82, 2.24) is 4.57 Å². The number of anilines is 1. The summed E-state index contributed by atoms with van der Waals surface area (Å²) in [6, 6.07) is 8.52. The molecule has 144 valence electrons. The number of hydrogen-bond donors (Lipinski definition) is 2. The average molecular weight is 381 g/mol. The van der Waals surface area contributed by atoms with E-state index in [0.29, 0.717) is 23.5 Å². The number of rotatable bonds is 2. The number of nitrogens with one attached hydrogen (secondary N) is 1. The minimum absolute atomic E-state index is 0.0528. The summed E-state index contributed by atoms with van der Waals surface area (Å²) in [5.74, 6) is -1.49. The monoisotopic (exact) mass is 381 g/mol. The van der Waals surface area contributed by atoms with E-state index in [1.807, 2.05) is 6.92 Å². The average Bonchev–Trinajstić information content (AvgIpc) is 2.94. The fourth-order valence-electron chi connectivity index (χ4n) is 4.15. The van der Waals surface area contributed by atoms with Gasteiger partial charge in [-0.05, 0) is 19.9 Å². The highest BCUT2D eigenvalue weighted by Crippen LogP contribution is 2.52. The topological polar surface area (TPSA) is 113 Å². The number of methoxy groups -OCH3 is 1. The highest BCUT2D eigenvalue weighted by atomic mass is 16.5. The van der Waals surface area contributed by atoms with Crippen molar-refractivity contribution < 1.29 is 19.1 Å². The van der Waals surface area contributed by atoms with Gasteiger partial charge >= 0.3 is 5.97 Å². The van der Waals surface area contributed by atoms with E-state index in [-0.39, 0.29) is 22.8 Å². The van der Waals surface area contributed by atoms with Crippen LogP contribution in [-0.4, -0.2) is 23.6 Å². The predicted molar refractivity (Wildman–Crippen MR) is 101 cm³/mol. The summed E-state index contributed by atoms with van der Waals surface area (Å²) >= 11 is 0. The Morgan fingerprint density at radius 2 is 2.04 bits per heavy atom. The second kappa shape index (κ2) is 5.98. The quantitative estimate of drug-likeness (QED) is 0.755. The molecule has 2 aliphatic heterocycles. The molecule has 1 unspecified atom stereocenters. The zero-order valence-electron chi connectivity index (χ0n) is 15.7. The number of carbonyl (C=O) groups excluding carboxylic acids is 2. The van der Waals surface area contributed by atoms with Crippen molar-refractivity contribution >= 4 is 17.6 Å². The number of para-hydroxylation sites is 1. The molecule has 1 atom stereocenters. The summed E-state index contributed by atoms with van der Waals surface area (Å²) < 4.78 is 12.1. The molecule has 0 radical (unpaired) electrons. The Morgan fingerprint density at radius 3 is 2.71 bits per heavy atom. The number of ether oxygens (including phenoxy) is 2. The Kier molecular flexibility index (Phi) is 3.81. The third-order valence-electron chi connectivity index (χ3n) is 5.31. The number of aromatic nitrogens is 1. The van der Waals surface area contributed by atoms with Gasteiger partial charge in [-0.1, -0.05) is 18.2 Å². The number of pyridine rings is 1. The minimum Gasteiger partial charge on any atom is -0.465 e. The number of esters is 1. The maximum atomic E-state index is 13.4. The van der Waals surface area contributed by atoms with Crippen LogP contribution >= 0.6 is 0 Å². The first-order valence-corrected chi connectivity index (χ1v) is 8.80. The molecule has 4 rings (SSSR count). The first kappa shape index (κ1) is 17.8. The number of nitrogens with two attached hydrogens (primary N) is 1. The third-order valence-corrected chi connectivity index (χ3v) is 5.31. The molecule has 2 aliphatic rings. The summed E-state index contributed by atoms with van der Waals surface area (Å²) in [4.78, 5) is 39.5. The maximum Gasteiger partial charge on any atom is 0.340 e. The molecule has 1 aromatic heterocycles. The van der Waals surface area contributed by atoms with Crippen LogP contribution in [0.1, 0.15) is 23.7 Å². The van der Waals surface area contributed by atoms with Crippen LogP contribution in [0.4, 0.5) is 5.69 Å². The van der Waals surface area contributed by atoms with Crippen LogP contribution in [0.2, 0.25) is 0 Å². The van der Waals surface area contributed by atoms with Crippen LogP contribution in [0.15, 0.2) is 46.6 Å². The van der Waals surface area contributed by atoms with Crippen LogP contribution in [0, 0.1) is 6.92 Å². The largest absolute Gasteiger partial charge is 0.465 e. The fraction of sp³-hybridized carbons (Fsp3) is 0.250. The molecular weight excluding hydrogens is 362 g/mol. The lowest BCUT2D eigenvalue weighted by molar-refractivity contribution is -0.138. The van der Waals surface area contributed by atoms with Crippen molar-refractivity contribution in [3.8, 4) is 5.75 Å². The standard InChI is InChI=1S/C20H19N3O5/c1-4-23-10(2)9-13-14(17(23)24)20(15(16(21)28-13)18(25)27-3)11-7-5-6-8-12(11)22-19(20)26/h5-9H,4,21H2,1-3H3,(H,22,26). The SMILES string of the molecule is CCn1c(C)cc2c(c1=O)C1(C(=O)Nc3ccccc31)C(C(=O)OC)=C(N)O2. The molecule has 2 aromatic rings. The predicted octanol–water partition coefficient (Wildman–Crippen LogP) is 1.15. The fourth-order valence-corrected chi connectivity index (χ4v) is 4.15. The van der Waals surface area contributed by atoms with Gasteiger partial charge in [0.25, 0.3) is 5.56 Å². The van der Waals surface area contributed by atoms with Crippen LogP contribution < -0.4 is 21.3 Å². The zero-order valence-corrected chi connectivity index (χ0v) is 15.7. The first-order chi connectivity index (χ1) is 13.4. The van der Waals surface area contributed by atoms with Gasteiger partial charge in [-0.2, -0.15) is 0 Å². The van der Waals surface area contributed by atoms with E-state index in [4.69, 9.17) is 15.2 Å². The second-order valence-electron chi connectivity index (χ2n) is 6.66. The van der Waals surface area contributed by atoms with Gasteiger partial charge in [0.1, 0.15) is 16.7 Å². The number of amides is 1. The Bertz CT molecular complexity index is 1130. The molecule has 3 N–H and O–H groups in total. The van der Waals surface area contributed by atoms with Crippen molar-refractivity contribution in [2.75, 3.05) is 12.4 Å². The number of benzene rings is 1. The molecule has 1 spiro atoms. The summed E-state index contributed by atoms with van der Waals surface area (Å²) in [5, 5.41) is 2.77. The molecule has 0 saturated heterocycles. The first-order valence-electron chi connectivity index (χ1n) is 8.80. The van der Waals surface area contributed by atoms with E-state index in [9.17, 15) is 14.4 Å². The lowest BCUT2D eigenvalue weighted by Gasteiger charge is -2.35. The van der Waals surface area contributed by atoms with Crippen LogP contribution in [0.5, 0.6) is 5.75 Å². The summed E-state index contributed by atoms with van der Waals surface area (Å²) in [5.41, 5.74) is 5.38. The second-order valence-corrected chi connectivity index (χ2v) is 6.66. The van der Waals surface area contributed by atoms with Crippen LogP contribution in [0.3, 0.4) is 0 Å². The van der Waals surface area contributed by atoms with Crippen LogP contribution in [-0.2, 0) is 26.3 Å². The molecule has 1 amide bonds. The highest BCUT2D eigenvalue weighted by Gasteiger charge is 2.60. The van der Waals surface area contributed by atoms with Crippen molar-refractivity contribution in [2.24, 2.45) is 5.73 Å². The van der Waals surface area contributed by atoms with Crippen molar-refractivity contribution in [3.63, 3.8) is 0 Å². The third kappa shape index (κ3) is 2.02. The molecule has 0 bridgehead atoms. The van der Waals surface area contributed by atoms with Crippen LogP contribution in [0.25, 0.3) is 0 Å². The summed E-state index contributed by atoms with van der Waals surface area (Å²) in [6.07, 6.45) is 0. The zero-order chi connectivity index (χ0) is 20.2. The summed E-state index contributed by atoms with van der Waals surface area (Å²) in [6.45, 7) is 3.98. The number of aryl methyl sites for hydroxylation is 1. The van der Waals surface area contributed by atoms with Gasteiger partial charge in [0, 0.05) is 29.6 Å². The smallest absolute Gasteiger partial charge is 0.340 e. The van der Waals surface area contributed by atoms with Gasteiger partial charge in [0.05, 0.1) is 12.7 Å². The van der Waals surface area contributed by atoms with E-state index in [1.54, 1.807) is 37.3 Å². The van der Waals surface area contributed by atoms with Crippen molar-refractivity contribution in [1.29, 1.82) is 0 Å². The summed E-state index contributed by atoms with van der Waals surface area (Å²) in [7, 11) is 1.18. The Labute approximate surface area is 160 Å². The van der Waals surface area contributed by atoms with Gasteiger partial charge < -0.3 is 25.1 Å². The molecule has 8 nitrogen and oxygen atoms in total. The van der Waals surface area contributed by atoms with E-state index in [2.05, 4.69) is 5.32 Å². The van der Waals surface area contributed by atoms with E-state index in [0.717, 1.165) is 0 Å². The number of nitrogens with zero attached hydrogens (tertiary/aromatic N) is 1. The van der Waals surface area contributed by atoms with Gasteiger partial charge in [-0.3, -0.25) is 9.59 Å². The highest BCUT2D eigenvalue weighted by molar-refractivity contribution is 6.17. The molecule has 8 heteroatoms. The van der Waals surface area contributed by atoms with Gasteiger partial charge in [0.2, 0.25) is 11.8 Å². The number of fused-ring (bicyclic) bond motifs is 4. The van der Waals surface area contributed by atoms with Crippen molar-refractivity contribution in [2.45, 2.75) is 25.8 Å². The molecule has 3 heterocycles. The molecule has 1 aromatic carbocycles. The Morgan fingerprint density at radius 1 is 1.32 bits per heavy atom. The number of hydrogen-bond acceptors (Lipinski definition) is 6. The van der Waals surface area contributed by atoms with E-state index < -0.39 is 22.9 Å². The van der Waals surface area contributed by atoms with Gasteiger partial charge in [0.15, 0.2) is 0 Å². The van der Waals surface area contributed by atoms with E-state index in [1.165, 1.54) is 11.7 Å². The maximum absolute atomic E-state index is 13.4. The van der Waals surface area contributed by atoms with Gasteiger partial charge in [-0.25, -0.2) is 4.79 Å². The Hall–Kier alpha value is -3.55. The minimum atomic E-state index is -1.75. The van der Waals surface area contributed by atoms with Crippen molar-refractivity contribution in [3.05, 3.63) is 69.0 Å². The molecular formula is C20H19N3O5. The lowest BCUT2D eigenvalue weighted by atomic mass is 9.68. The molecule has 0 saturated carbocycles. The van der Waals surface area contributed by atoms with E-state index >= 15 is 0 Å². The lowest BCUT2D eigenvalue weighted by Crippen LogP contribution is -2.50. The molecule has 28 heavy (non-hydrogen) atoms. The number of carbonyl (C=O) groups is 2.